The number of methoxy groups -OCH3 is 2. The van der Waals surface area contributed by atoms with Crippen molar-refractivity contribution in [2.75, 3.05) is 27.3 Å². The smallest absolute Gasteiger partial charge is 0.407 e. The topological polar surface area (TPSA) is 189 Å². The number of imidazole rings is 2. The van der Waals surface area contributed by atoms with E-state index < -0.39 is 30.5 Å². The van der Waals surface area contributed by atoms with E-state index in [2.05, 4.69) is 80.6 Å². The van der Waals surface area contributed by atoms with Crippen LogP contribution in [0.1, 0.15) is 117 Å². The summed E-state index contributed by atoms with van der Waals surface area (Å²) in [7, 11) is 2.59. The predicted octanol–water partition coefficient (Wildman–Crippen LogP) is 9.36. The normalized spacial score (nSPS) is 19.8. The third-order valence-corrected chi connectivity index (χ3v) is 15.4. The summed E-state index contributed by atoms with van der Waals surface area (Å²) in [5.41, 5.74) is 7.82. The summed E-state index contributed by atoms with van der Waals surface area (Å²) in [6.45, 7) is 11.0. The molecule has 4 aromatic heterocycles. The zero-order chi connectivity index (χ0) is 47.5. The number of nitrogens with one attached hydrogen (secondary N) is 4. The molecule has 0 bridgehead atoms. The molecule has 2 aromatic carbocycles. The molecule has 356 valence electrons. The molecule has 4 N–H and O–H groups in total. The summed E-state index contributed by atoms with van der Waals surface area (Å²) < 4.78 is 19.1. The van der Waals surface area contributed by atoms with E-state index in [1.165, 1.54) is 31.9 Å². The molecule has 6 aromatic rings. The molecule has 3 aliphatic heterocycles. The Hall–Kier alpha value is -6.62. The van der Waals surface area contributed by atoms with Crippen molar-refractivity contribution in [3.05, 3.63) is 87.9 Å². The minimum Gasteiger partial charge on any atom is -0.464 e. The van der Waals surface area contributed by atoms with Crippen molar-refractivity contribution in [2.45, 2.75) is 109 Å². The number of carbonyl (C=O) groups excluding carboxylic acids is 4. The zero-order valence-electron chi connectivity index (χ0n) is 39.6. The predicted molar refractivity (Wildman–Crippen MR) is 258 cm³/mol. The highest BCUT2D eigenvalue weighted by Gasteiger charge is 2.40. The van der Waals surface area contributed by atoms with Gasteiger partial charge in [0, 0.05) is 40.0 Å². The van der Waals surface area contributed by atoms with E-state index in [0.29, 0.717) is 30.7 Å². The molecule has 2 saturated heterocycles. The van der Waals surface area contributed by atoms with Gasteiger partial charge in [-0.05, 0) is 105 Å². The monoisotopic (exact) mass is 941 g/mol. The summed E-state index contributed by atoms with van der Waals surface area (Å²) in [4.78, 5) is 74.9. The van der Waals surface area contributed by atoms with Crippen LogP contribution in [0.4, 0.5) is 9.59 Å². The third-order valence-electron chi connectivity index (χ3n) is 14.1. The van der Waals surface area contributed by atoms with Gasteiger partial charge in [0.05, 0.1) is 66.2 Å². The van der Waals surface area contributed by atoms with Gasteiger partial charge < -0.3 is 44.6 Å². The molecule has 3 fully saturated rings. The maximum Gasteiger partial charge on any atom is 0.407 e. The van der Waals surface area contributed by atoms with E-state index in [1.54, 1.807) is 0 Å². The van der Waals surface area contributed by atoms with Crippen molar-refractivity contribution in [1.82, 2.24) is 44.9 Å². The van der Waals surface area contributed by atoms with Gasteiger partial charge in [-0.1, -0.05) is 39.8 Å². The fraction of sp³-hybridized carbons (Fsp3) is 0.451. The second-order valence-corrected chi connectivity index (χ2v) is 20.4. The average molecular weight is 942 g/mol. The molecular weight excluding hydrogens is 883 g/mol. The van der Waals surface area contributed by atoms with Crippen molar-refractivity contribution in [1.29, 1.82) is 0 Å². The SMILES string of the molecule is COC(=O)N[C@H](C(=O)N1CCC[C@H]1c1ncc(-c2ccc3c(c2)OC(c2ccc(C4CC4)s2)n2c-3c(C)c3cc(-c4cnc([C@@H]5CCCN5C(=O)[C@@H](NC(=O)OC)C(C)C)[nH]4)ccc32)[nH]1)C(C)C. The van der Waals surface area contributed by atoms with Crippen LogP contribution in [0.3, 0.4) is 0 Å². The van der Waals surface area contributed by atoms with Crippen LogP contribution in [0.5, 0.6) is 5.75 Å². The van der Waals surface area contributed by atoms with E-state index in [4.69, 9.17) is 24.2 Å². The number of likely N-dealkylation sites (tertiary alicyclic amines) is 2. The van der Waals surface area contributed by atoms with Gasteiger partial charge in [0.15, 0.2) is 0 Å². The van der Waals surface area contributed by atoms with E-state index in [9.17, 15) is 19.2 Å². The second-order valence-electron chi connectivity index (χ2n) is 19.2. The van der Waals surface area contributed by atoms with Crippen LogP contribution in [-0.4, -0.2) is 97.7 Å². The van der Waals surface area contributed by atoms with E-state index in [1.807, 2.05) is 61.2 Å². The number of nitrogens with zero attached hydrogens (tertiary/aromatic N) is 5. The van der Waals surface area contributed by atoms with Crippen LogP contribution in [0, 0.1) is 18.8 Å². The number of carbonyl (C=O) groups is 4. The van der Waals surface area contributed by atoms with Gasteiger partial charge in [-0.25, -0.2) is 19.6 Å². The molecular formula is C51H59N9O7S. The molecule has 5 atom stereocenters. The van der Waals surface area contributed by atoms with Crippen molar-refractivity contribution in [3.63, 3.8) is 0 Å². The Morgan fingerprint density at radius 3 is 1.82 bits per heavy atom. The molecule has 4 aliphatic rings. The number of thiophene rings is 1. The standard InChI is InChI=1S/C51H59N9O7S/c1-26(2)42(56-50(63)65-6)47(61)58-20-8-10-37(58)45-52-24-34(54-45)30-15-17-36-33(22-30)28(5)44-32-16-14-31(23-39(32)67-49(60(36)44)41-19-18-40(68-41)29-12-13-29)35-25-53-46(55-35)38-11-9-21-59(38)48(62)43(27(3)4)57-51(64)66-7/h14-19,22-27,29,37-38,42-43,49H,8-13,20-21H2,1-7H3,(H,52,54)(H,53,55)(H,56,63)(H,57,64)/t37-,38-,42-,43-,49?/m0/s1. The molecule has 16 nitrogen and oxygen atoms in total. The Morgan fingerprint density at radius 2 is 1.28 bits per heavy atom. The zero-order valence-corrected chi connectivity index (χ0v) is 40.4. The lowest BCUT2D eigenvalue weighted by Gasteiger charge is -2.30. The summed E-state index contributed by atoms with van der Waals surface area (Å²) >= 11 is 1.83. The molecule has 7 heterocycles. The summed E-state index contributed by atoms with van der Waals surface area (Å²) in [5.74, 6) is 2.25. The number of alkyl carbamates (subject to hydrolysis) is 2. The number of amides is 4. The van der Waals surface area contributed by atoms with Gasteiger partial charge >= 0.3 is 12.2 Å². The number of ether oxygens (including phenoxy) is 3. The largest absolute Gasteiger partial charge is 0.464 e. The number of aromatic nitrogens is 5. The van der Waals surface area contributed by atoms with Crippen molar-refractivity contribution < 1.29 is 33.4 Å². The first-order valence-electron chi connectivity index (χ1n) is 23.8. The maximum absolute atomic E-state index is 13.9. The molecule has 1 aliphatic carbocycles. The van der Waals surface area contributed by atoms with Gasteiger partial charge in [-0.3, -0.25) is 14.2 Å². The van der Waals surface area contributed by atoms with Crippen molar-refractivity contribution in [2.24, 2.45) is 11.8 Å². The van der Waals surface area contributed by atoms with Crippen LogP contribution in [0.15, 0.2) is 60.9 Å². The Bertz CT molecular complexity index is 2910. The molecule has 0 radical (unpaired) electrons. The molecule has 1 saturated carbocycles. The number of H-pyrrole nitrogens is 2. The highest BCUT2D eigenvalue weighted by Crippen LogP contribution is 2.51. The van der Waals surface area contributed by atoms with Gasteiger partial charge in [-0.2, -0.15) is 0 Å². The minimum atomic E-state index is -0.717. The molecule has 68 heavy (non-hydrogen) atoms. The highest BCUT2D eigenvalue weighted by atomic mass is 32.1. The van der Waals surface area contributed by atoms with Crippen molar-refractivity contribution in [3.8, 4) is 39.5 Å². The Kier molecular flexibility index (Phi) is 12.0. The first-order chi connectivity index (χ1) is 32.8. The molecule has 0 spiro atoms. The number of benzene rings is 2. The van der Waals surface area contributed by atoms with Gasteiger partial charge in [0.1, 0.15) is 29.5 Å². The second kappa shape index (κ2) is 18.1. The van der Waals surface area contributed by atoms with E-state index in [0.717, 1.165) is 86.5 Å². The number of hydrogen-bond donors (Lipinski definition) is 4. The molecule has 17 heteroatoms. The maximum atomic E-state index is 13.9. The number of fused-ring (bicyclic) bond motifs is 5. The lowest BCUT2D eigenvalue weighted by atomic mass is 10.0. The fourth-order valence-corrected chi connectivity index (χ4v) is 11.5. The quantitative estimate of drug-likeness (QED) is 0.0927. The number of rotatable bonds is 12. The Morgan fingerprint density at radius 1 is 0.735 bits per heavy atom. The fourth-order valence-electron chi connectivity index (χ4n) is 10.3. The van der Waals surface area contributed by atoms with Gasteiger partial charge in [0.25, 0.3) is 0 Å². The van der Waals surface area contributed by atoms with Crippen LogP contribution in [0.2, 0.25) is 0 Å². The first-order valence-corrected chi connectivity index (χ1v) is 24.6. The lowest BCUT2D eigenvalue weighted by Crippen LogP contribution is -2.51. The Labute approximate surface area is 399 Å². The number of aryl methyl sites for hydroxylation is 1. The van der Waals surface area contributed by atoms with Crippen LogP contribution in [0.25, 0.3) is 44.7 Å². The lowest BCUT2D eigenvalue weighted by molar-refractivity contribution is -0.136. The van der Waals surface area contributed by atoms with Crippen LogP contribution in [-0.2, 0) is 19.1 Å². The van der Waals surface area contributed by atoms with Gasteiger partial charge in [0.2, 0.25) is 18.0 Å². The molecule has 10 rings (SSSR count). The van der Waals surface area contributed by atoms with Crippen molar-refractivity contribution >= 4 is 46.2 Å². The summed E-state index contributed by atoms with van der Waals surface area (Å²) in [6, 6.07) is 15.4. The summed E-state index contributed by atoms with van der Waals surface area (Å²) in [6.07, 6.45) is 7.61. The number of hydrogen-bond acceptors (Lipinski definition) is 10. The minimum absolute atomic E-state index is 0.126. The molecule has 4 amide bonds. The van der Waals surface area contributed by atoms with E-state index >= 15 is 0 Å². The first kappa shape index (κ1) is 45.2. The molecule has 1 unspecified atom stereocenters. The van der Waals surface area contributed by atoms with Crippen LogP contribution < -0.4 is 15.4 Å². The Balaban J connectivity index is 0.964. The highest BCUT2D eigenvalue weighted by molar-refractivity contribution is 7.12. The van der Waals surface area contributed by atoms with E-state index in [-0.39, 0.29) is 35.7 Å². The van der Waals surface area contributed by atoms with Gasteiger partial charge in [-0.15, -0.1) is 11.3 Å². The summed E-state index contributed by atoms with van der Waals surface area (Å²) in [5, 5.41) is 6.56. The van der Waals surface area contributed by atoms with Crippen LogP contribution >= 0.6 is 11.3 Å². The third kappa shape index (κ3) is 8.17. The average Bonchev–Trinajstić information content (AvgIpc) is 4.05. The number of aromatic amines is 2.